The number of aromatic nitrogens is 5. The molecule has 3 rings (SSSR count). The van der Waals surface area contributed by atoms with Gasteiger partial charge in [-0.25, -0.2) is 4.98 Å². The van der Waals surface area contributed by atoms with Crippen molar-refractivity contribution in [3.05, 3.63) is 43.6 Å². The summed E-state index contributed by atoms with van der Waals surface area (Å²) in [5.74, 6) is 2.16. The molecule has 0 amide bonds. The molecule has 31 heavy (non-hydrogen) atoms. The Hall–Kier alpha value is -1.60. The van der Waals surface area contributed by atoms with E-state index in [0.29, 0.717) is 5.92 Å². The molecule has 0 spiro atoms. The Morgan fingerprint density at radius 1 is 0.806 bits per heavy atom. The number of aryl methyl sites for hydroxylation is 4. The Morgan fingerprint density at radius 2 is 1.42 bits per heavy atom. The molecule has 0 saturated heterocycles. The molecule has 0 radical (unpaired) electrons. The predicted molar refractivity (Wildman–Crippen MR) is 135 cm³/mol. The van der Waals surface area contributed by atoms with E-state index >= 15 is 0 Å². The molecule has 3 aromatic heterocycles. The predicted octanol–water partition coefficient (Wildman–Crippen LogP) is 6.62. The molecule has 0 aliphatic heterocycles. The van der Waals surface area contributed by atoms with E-state index in [0.717, 1.165) is 34.7 Å². The number of rotatable bonds is 6. The molecular weight excluding hydrogens is 422 g/mol. The molecule has 0 fully saturated rings. The zero-order valence-corrected chi connectivity index (χ0v) is 22.7. The number of hydrogen-bond acceptors (Lipinski definition) is 6. The average Bonchev–Trinajstić information content (AvgIpc) is 3.29. The maximum atomic E-state index is 4.38. The monoisotopic (exact) mass is 463 g/mol. The van der Waals surface area contributed by atoms with Crippen molar-refractivity contribution < 1.29 is 0 Å². The lowest BCUT2D eigenvalue weighted by atomic mass is 10.1. The Balaban J connectivity index is 0.000000233. The van der Waals surface area contributed by atoms with E-state index in [1.165, 1.54) is 27.6 Å². The smallest absolute Gasteiger partial charge is 0.117 e. The summed E-state index contributed by atoms with van der Waals surface area (Å²) in [6.07, 6.45) is 7.37. The first kappa shape index (κ1) is 27.4. The van der Waals surface area contributed by atoms with Crippen LogP contribution in [0.25, 0.3) is 0 Å². The number of thiazole rings is 1. The molecule has 5 nitrogen and oxygen atoms in total. The molecule has 0 aromatic carbocycles. The van der Waals surface area contributed by atoms with Gasteiger partial charge in [0.15, 0.2) is 0 Å². The fraction of sp³-hybridized carbons (Fsp3) is 0.667. The van der Waals surface area contributed by atoms with Gasteiger partial charge in [-0.2, -0.15) is 5.10 Å². The minimum atomic E-state index is 0.687. The summed E-state index contributed by atoms with van der Waals surface area (Å²) in [4.78, 5) is 5.84. The second kappa shape index (κ2) is 13.7. The van der Waals surface area contributed by atoms with Crippen molar-refractivity contribution in [2.75, 3.05) is 0 Å². The molecule has 0 unspecified atom stereocenters. The third kappa shape index (κ3) is 12.1. The average molecular weight is 464 g/mol. The SMILES string of the molecule is CC(C)Cc1cnn(C)c1.Cc1nc(C)c(CC(C)C)s1.Cc1nnc(CC(C)C)s1. The fourth-order valence-electron chi connectivity index (χ4n) is 2.95. The van der Waals surface area contributed by atoms with E-state index in [2.05, 4.69) is 81.9 Å². The standard InChI is InChI=1S/C9H15NS.C8H14N2.C7H12N2S/c1-6(2)5-9-7(3)10-8(4)11-9;1-7(2)4-8-5-9-10(3)6-8;1-5(2)4-7-9-8-6(3)10-7/h6H,5H2,1-4H3;5-7H,4H2,1-3H3;5H,4H2,1-3H3. The lowest BCUT2D eigenvalue weighted by Gasteiger charge is -2.00. The van der Waals surface area contributed by atoms with Gasteiger partial charge in [0.25, 0.3) is 0 Å². The van der Waals surface area contributed by atoms with E-state index in [4.69, 9.17) is 0 Å². The fourth-order valence-corrected chi connectivity index (χ4v) is 5.02. The Labute approximate surface area is 197 Å². The first-order valence-corrected chi connectivity index (χ1v) is 12.8. The third-order valence-corrected chi connectivity index (χ3v) is 6.10. The van der Waals surface area contributed by atoms with Crippen LogP contribution in [0, 0.1) is 38.5 Å². The topological polar surface area (TPSA) is 56.5 Å². The van der Waals surface area contributed by atoms with Gasteiger partial charge in [-0.05, 0) is 56.9 Å². The van der Waals surface area contributed by atoms with Crippen LogP contribution in [-0.2, 0) is 26.3 Å². The zero-order chi connectivity index (χ0) is 23.6. The maximum absolute atomic E-state index is 4.38. The lowest BCUT2D eigenvalue weighted by molar-refractivity contribution is 0.639. The molecule has 0 saturated carbocycles. The van der Waals surface area contributed by atoms with Crippen molar-refractivity contribution in [2.24, 2.45) is 24.8 Å². The highest BCUT2D eigenvalue weighted by atomic mass is 32.1. The Morgan fingerprint density at radius 3 is 1.81 bits per heavy atom. The number of hydrogen-bond donors (Lipinski definition) is 0. The molecular formula is C24H41N5S2. The van der Waals surface area contributed by atoms with Gasteiger partial charge in [-0.15, -0.1) is 32.9 Å². The second-order valence-corrected chi connectivity index (χ2v) is 11.8. The van der Waals surface area contributed by atoms with Crippen molar-refractivity contribution in [3.8, 4) is 0 Å². The zero-order valence-electron chi connectivity index (χ0n) is 21.1. The van der Waals surface area contributed by atoms with Crippen LogP contribution in [-0.4, -0.2) is 25.0 Å². The van der Waals surface area contributed by atoms with Crippen LogP contribution in [0.2, 0.25) is 0 Å². The van der Waals surface area contributed by atoms with Crippen LogP contribution < -0.4 is 0 Å². The van der Waals surface area contributed by atoms with Crippen LogP contribution in [0.4, 0.5) is 0 Å². The van der Waals surface area contributed by atoms with E-state index in [-0.39, 0.29) is 0 Å². The first-order chi connectivity index (χ1) is 14.5. The minimum absolute atomic E-state index is 0.687. The van der Waals surface area contributed by atoms with Crippen LogP contribution in [0.15, 0.2) is 12.4 Å². The van der Waals surface area contributed by atoms with Gasteiger partial charge in [-0.1, -0.05) is 41.5 Å². The molecule has 0 aliphatic rings. The van der Waals surface area contributed by atoms with Crippen LogP contribution in [0.3, 0.4) is 0 Å². The summed E-state index contributed by atoms with van der Waals surface area (Å²) in [5, 5.41) is 15.5. The Bertz CT molecular complexity index is 828. The van der Waals surface area contributed by atoms with Crippen molar-refractivity contribution >= 4 is 22.7 Å². The lowest BCUT2D eigenvalue weighted by Crippen LogP contribution is -1.92. The van der Waals surface area contributed by atoms with E-state index < -0.39 is 0 Å². The normalized spacial score (nSPS) is 10.9. The molecule has 0 atom stereocenters. The molecule has 7 heteroatoms. The second-order valence-electron chi connectivity index (χ2n) is 9.27. The first-order valence-electron chi connectivity index (χ1n) is 11.2. The van der Waals surface area contributed by atoms with Crippen molar-refractivity contribution in [1.29, 1.82) is 0 Å². The summed E-state index contributed by atoms with van der Waals surface area (Å²) in [6, 6.07) is 0. The molecule has 0 bridgehead atoms. The number of nitrogens with zero attached hydrogens (tertiary/aromatic N) is 5. The van der Waals surface area contributed by atoms with Crippen molar-refractivity contribution in [2.45, 2.75) is 81.6 Å². The third-order valence-electron chi connectivity index (χ3n) is 4.15. The molecule has 3 aromatic rings. The van der Waals surface area contributed by atoms with Gasteiger partial charge in [-0.3, -0.25) is 4.68 Å². The maximum Gasteiger partial charge on any atom is 0.117 e. The van der Waals surface area contributed by atoms with Gasteiger partial charge < -0.3 is 0 Å². The van der Waals surface area contributed by atoms with Gasteiger partial charge in [0.2, 0.25) is 0 Å². The molecule has 0 N–H and O–H groups in total. The largest absolute Gasteiger partial charge is 0.276 e. The highest BCUT2D eigenvalue weighted by molar-refractivity contribution is 7.11. The van der Waals surface area contributed by atoms with E-state index in [1.807, 2.05) is 36.2 Å². The van der Waals surface area contributed by atoms with Crippen LogP contribution in [0.5, 0.6) is 0 Å². The van der Waals surface area contributed by atoms with Gasteiger partial charge in [0, 0.05) is 24.5 Å². The summed E-state index contributed by atoms with van der Waals surface area (Å²) in [5.41, 5.74) is 2.55. The van der Waals surface area contributed by atoms with Crippen molar-refractivity contribution in [1.82, 2.24) is 25.0 Å². The Kier molecular flexibility index (Phi) is 12.2. The molecule has 0 aliphatic carbocycles. The van der Waals surface area contributed by atoms with Crippen LogP contribution in [0.1, 0.15) is 72.7 Å². The van der Waals surface area contributed by atoms with Gasteiger partial charge in [0.05, 0.1) is 16.9 Å². The summed E-state index contributed by atoms with van der Waals surface area (Å²) >= 11 is 3.53. The van der Waals surface area contributed by atoms with Crippen molar-refractivity contribution in [3.63, 3.8) is 0 Å². The molecule has 3 heterocycles. The van der Waals surface area contributed by atoms with Crippen LogP contribution >= 0.6 is 22.7 Å². The van der Waals surface area contributed by atoms with E-state index in [9.17, 15) is 0 Å². The summed E-state index contributed by atoms with van der Waals surface area (Å²) < 4.78 is 1.84. The van der Waals surface area contributed by atoms with E-state index in [1.54, 1.807) is 11.3 Å². The van der Waals surface area contributed by atoms with Gasteiger partial charge >= 0.3 is 0 Å². The summed E-state index contributed by atoms with van der Waals surface area (Å²) in [7, 11) is 1.95. The minimum Gasteiger partial charge on any atom is -0.276 e. The highest BCUT2D eigenvalue weighted by Crippen LogP contribution is 2.20. The van der Waals surface area contributed by atoms with Gasteiger partial charge in [0.1, 0.15) is 10.0 Å². The highest BCUT2D eigenvalue weighted by Gasteiger charge is 2.05. The molecule has 174 valence electrons. The quantitative estimate of drug-likeness (QED) is 0.412. The summed E-state index contributed by atoms with van der Waals surface area (Å²) in [6.45, 7) is 19.5.